The van der Waals surface area contributed by atoms with Crippen LogP contribution in [0.25, 0.3) is 10.1 Å². The molecule has 0 bridgehead atoms. The van der Waals surface area contributed by atoms with Crippen LogP contribution in [-0.2, 0) is 15.9 Å². The Labute approximate surface area is 282 Å². The highest BCUT2D eigenvalue weighted by Gasteiger charge is 2.32. The molecule has 2 saturated heterocycles. The first-order chi connectivity index (χ1) is 23.3. The van der Waals surface area contributed by atoms with E-state index < -0.39 is 18.4 Å². The Balaban J connectivity index is 1.18. The fourth-order valence-electron chi connectivity index (χ4n) is 6.78. The van der Waals surface area contributed by atoms with Crippen LogP contribution in [0.1, 0.15) is 36.1 Å². The number of hydrogen-bond donors (Lipinski definition) is 3. The maximum Gasteiger partial charge on any atom is 0.393 e. The van der Waals surface area contributed by atoms with Crippen LogP contribution in [0.5, 0.6) is 5.75 Å². The summed E-state index contributed by atoms with van der Waals surface area (Å²) in [4.78, 5) is 4.75. The summed E-state index contributed by atoms with van der Waals surface area (Å²) in [7, 11) is 0. The minimum Gasteiger partial charge on any atom is -0.489 e. The fraction of sp³-hybridized carbons (Fsp3) is 0.543. The summed E-state index contributed by atoms with van der Waals surface area (Å²) in [6.07, 6.45) is -1.33. The van der Waals surface area contributed by atoms with Crippen molar-refractivity contribution >= 4 is 38.5 Å². The molecule has 2 aliphatic heterocycles. The number of benzene rings is 2. The molecule has 2 aromatic carbocycles. The van der Waals surface area contributed by atoms with Crippen LogP contribution in [0.15, 0.2) is 30.3 Å². The molecule has 3 N–H and O–H groups in total. The lowest BCUT2D eigenvalue weighted by Crippen LogP contribution is -2.46. The van der Waals surface area contributed by atoms with Gasteiger partial charge < -0.3 is 34.9 Å². The van der Waals surface area contributed by atoms with E-state index in [9.17, 15) is 18.3 Å². The van der Waals surface area contributed by atoms with Gasteiger partial charge in [0.15, 0.2) is 0 Å². The van der Waals surface area contributed by atoms with Gasteiger partial charge in [-0.05, 0) is 42.7 Å². The number of morpholine rings is 2. The second-order valence-corrected chi connectivity index (χ2v) is 13.3. The molecule has 1 saturated carbocycles. The standard InChI is InChI=1S/C35H42F4N4O4S/c36-28-21-30(32(47-20-15-44)22-31(28)43-13-18-46-19-14-43)40-10-2-5-33-27(23-35(37,38)39)26-3-1-4-29(34(26)48-33)41-24-6-8-25(9-7-24)42-11-16-45-17-12-42/h1,3-4,21-22,24-25,40-41,44H,6-20,23H2. The summed E-state index contributed by atoms with van der Waals surface area (Å²) < 4.78 is 73.9. The smallest absolute Gasteiger partial charge is 0.393 e. The highest BCUT2D eigenvalue weighted by molar-refractivity contribution is 7.20. The van der Waals surface area contributed by atoms with E-state index in [2.05, 4.69) is 27.4 Å². The van der Waals surface area contributed by atoms with Gasteiger partial charge in [-0.25, -0.2) is 4.39 Å². The number of nitrogens with one attached hydrogen (secondary N) is 2. The lowest BCUT2D eigenvalue weighted by Gasteiger charge is -2.39. The van der Waals surface area contributed by atoms with Gasteiger partial charge in [-0.3, -0.25) is 4.90 Å². The lowest BCUT2D eigenvalue weighted by molar-refractivity contribution is -0.126. The molecule has 8 nitrogen and oxygen atoms in total. The predicted molar refractivity (Wildman–Crippen MR) is 181 cm³/mol. The fourth-order valence-corrected chi connectivity index (χ4v) is 7.95. The SMILES string of the molecule is OCCOc1cc(N2CCOCC2)c(F)cc1NCC#Cc1sc2c(NC3CCC(N4CCOCC4)CC3)cccc2c1CC(F)(F)F. The predicted octanol–water partition coefficient (Wildman–Crippen LogP) is 5.87. The van der Waals surface area contributed by atoms with E-state index in [1.807, 2.05) is 11.0 Å². The number of nitrogens with zero attached hydrogens (tertiary/aromatic N) is 2. The van der Waals surface area contributed by atoms with E-state index in [4.69, 9.17) is 14.2 Å². The number of hydrogen-bond acceptors (Lipinski definition) is 9. The molecular weight excluding hydrogens is 648 g/mol. The molecule has 13 heteroatoms. The molecule has 6 rings (SSSR count). The number of aliphatic hydroxyl groups is 1. The zero-order chi connectivity index (χ0) is 33.5. The number of alkyl halides is 3. The Morgan fingerprint density at radius 1 is 0.979 bits per heavy atom. The van der Waals surface area contributed by atoms with Crippen molar-refractivity contribution in [3.63, 3.8) is 0 Å². The molecule has 3 aromatic rings. The summed E-state index contributed by atoms with van der Waals surface area (Å²) in [6, 6.07) is 9.18. The monoisotopic (exact) mass is 690 g/mol. The first-order valence-electron chi connectivity index (χ1n) is 16.6. The van der Waals surface area contributed by atoms with Crippen LogP contribution in [0.2, 0.25) is 0 Å². The van der Waals surface area contributed by atoms with Gasteiger partial charge in [-0.1, -0.05) is 24.0 Å². The number of fused-ring (bicyclic) bond motifs is 1. The maximum atomic E-state index is 15.2. The van der Waals surface area contributed by atoms with Crippen molar-refractivity contribution in [2.45, 2.75) is 50.4 Å². The van der Waals surface area contributed by atoms with E-state index in [0.29, 0.717) is 59.7 Å². The number of anilines is 3. The van der Waals surface area contributed by atoms with Gasteiger partial charge in [0, 0.05) is 50.4 Å². The third kappa shape index (κ3) is 8.65. The van der Waals surface area contributed by atoms with Gasteiger partial charge in [0.25, 0.3) is 0 Å². The highest BCUT2D eigenvalue weighted by Crippen LogP contribution is 2.40. The van der Waals surface area contributed by atoms with Gasteiger partial charge in [0.1, 0.15) is 18.2 Å². The van der Waals surface area contributed by atoms with Crippen molar-refractivity contribution in [2.24, 2.45) is 0 Å². The number of halogens is 4. The average Bonchev–Trinajstić information content (AvgIpc) is 3.43. The molecule has 3 heterocycles. The van der Waals surface area contributed by atoms with Crippen LogP contribution < -0.4 is 20.3 Å². The third-order valence-electron chi connectivity index (χ3n) is 9.13. The van der Waals surface area contributed by atoms with Crippen molar-refractivity contribution in [2.75, 3.05) is 87.9 Å². The first-order valence-corrected chi connectivity index (χ1v) is 17.4. The largest absolute Gasteiger partial charge is 0.489 e. The average molecular weight is 691 g/mol. The molecule has 3 fully saturated rings. The molecule has 1 aromatic heterocycles. The molecule has 3 aliphatic rings. The molecule has 1 aliphatic carbocycles. The van der Waals surface area contributed by atoms with Crippen LogP contribution >= 0.6 is 11.3 Å². The zero-order valence-electron chi connectivity index (χ0n) is 26.8. The van der Waals surface area contributed by atoms with E-state index >= 15 is 4.39 Å². The summed E-state index contributed by atoms with van der Waals surface area (Å²) in [5.41, 5.74) is 1.72. The van der Waals surface area contributed by atoms with Crippen molar-refractivity contribution in [3.05, 3.63) is 46.6 Å². The van der Waals surface area contributed by atoms with Crippen molar-refractivity contribution in [1.29, 1.82) is 0 Å². The summed E-state index contributed by atoms with van der Waals surface area (Å²) in [6.45, 7) is 5.39. The van der Waals surface area contributed by atoms with Crippen LogP contribution in [0.4, 0.5) is 34.6 Å². The molecule has 48 heavy (non-hydrogen) atoms. The molecule has 0 spiro atoms. The van der Waals surface area contributed by atoms with Gasteiger partial charge in [0.05, 0.1) is 72.6 Å². The van der Waals surface area contributed by atoms with E-state index in [1.165, 1.54) is 17.4 Å². The van der Waals surface area contributed by atoms with Crippen LogP contribution in [0, 0.1) is 17.7 Å². The Morgan fingerprint density at radius 2 is 1.71 bits per heavy atom. The minimum absolute atomic E-state index is 0.0167. The Morgan fingerprint density at radius 3 is 2.42 bits per heavy atom. The highest BCUT2D eigenvalue weighted by atomic mass is 32.1. The number of aliphatic hydroxyl groups excluding tert-OH is 1. The Bertz CT molecular complexity index is 1590. The maximum absolute atomic E-state index is 15.2. The van der Waals surface area contributed by atoms with Crippen LogP contribution in [-0.4, -0.2) is 101 Å². The summed E-state index contributed by atoms with van der Waals surface area (Å²) in [5.74, 6) is 5.82. The summed E-state index contributed by atoms with van der Waals surface area (Å²) in [5, 5.41) is 16.6. The van der Waals surface area contributed by atoms with Gasteiger partial charge >= 0.3 is 6.18 Å². The van der Waals surface area contributed by atoms with Gasteiger partial charge in [-0.2, -0.15) is 13.2 Å². The number of ether oxygens (including phenoxy) is 3. The van der Waals surface area contributed by atoms with Crippen molar-refractivity contribution in [1.82, 2.24) is 4.90 Å². The van der Waals surface area contributed by atoms with E-state index in [0.717, 1.165) is 62.4 Å². The number of thiophene rings is 1. The van der Waals surface area contributed by atoms with E-state index in [-0.39, 0.29) is 31.4 Å². The zero-order valence-corrected chi connectivity index (χ0v) is 27.7. The summed E-state index contributed by atoms with van der Waals surface area (Å²) >= 11 is 1.27. The van der Waals surface area contributed by atoms with Gasteiger partial charge in [-0.15, -0.1) is 11.3 Å². The van der Waals surface area contributed by atoms with Gasteiger partial charge in [0.2, 0.25) is 0 Å². The van der Waals surface area contributed by atoms with E-state index in [1.54, 1.807) is 18.2 Å². The lowest BCUT2D eigenvalue weighted by atomic mass is 9.89. The van der Waals surface area contributed by atoms with Crippen LogP contribution in [0.3, 0.4) is 0 Å². The second-order valence-electron chi connectivity index (χ2n) is 12.3. The number of rotatable bonds is 10. The Kier molecular flexibility index (Phi) is 11.5. The third-order valence-corrected chi connectivity index (χ3v) is 10.3. The molecule has 0 atom stereocenters. The van der Waals surface area contributed by atoms with Crippen molar-refractivity contribution < 1.29 is 36.9 Å². The minimum atomic E-state index is -4.40. The second kappa shape index (κ2) is 16.0. The molecule has 0 unspecified atom stereocenters. The first kappa shape index (κ1) is 34.6. The molecule has 260 valence electrons. The topological polar surface area (TPSA) is 78.5 Å². The molecular formula is C35H42F4N4O4S. The molecule has 0 amide bonds. The normalized spacial score (nSPS) is 20.7. The quantitative estimate of drug-likeness (QED) is 0.180. The van der Waals surface area contributed by atoms with Crippen molar-refractivity contribution in [3.8, 4) is 17.6 Å². The molecule has 0 radical (unpaired) electrons. The Hall–Kier alpha value is -3.28.